The summed E-state index contributed by atoms with van der Waals surface area (Å²) in [6, 6.07) is 9.55. The van der Waals surface area contributed by atoms with Crippen LogP contribution in [0.15, 0.2) is 40.5 Å². The molecule has 0 aromatic heterocycles. The number of hydrogen-bond donors (Lipinski definition) is 1. The van der Waals surface area contributed by atoms with E-state index in [0.717, 1.165) is 42.5 Å². The Kier molecular flexibility index (Phi) is 5.19. The number of rotatable bonds is 3. The molecule has 0 atom stereocenters. The van der Waals surface area contributed by atoms with Crippen molar-refractivity contribution in [2.45, 2.75) is 19.3 Å². The van der Waals surface area contributed by atoms with E-state index in [1.165, 1.54) is 6.20 Å². The molecule has 1 aromatic rings. The summed E-state index contributed by atoms with van der Waals surface area (Å²) in [6.45, 7) is 1.49. The molecule has 20 heavy (non-hydrogen) atoms. The third kappa shape index (κ3) is 3.61. The molecule has 1 N–H and O–H groups in total. The second-order valence-electron chi connectivity index (χ2n) is 4.65. The molecule has 1 heterocycles. The van der Waals surface area contributed by atoms with E-state index in [9.17, 15) is 4.79 Å². The first-order valence-corrected chi connectivity index (χ1v) is 7.42. The second kappa shape index (κ2) is 7.11. The van der Waals surface area contributed by atoms with Gasteiger partial charge in [0.25, 0.3) is 5.91 Å². The minimum atomic E-state index is -0.188. The van der Waals surface area contributed by atoms with E-state index in [0.29, 0.717) is 0 Å². The van der Waals surface area contributed by atoms with Gasteiger partial charge in [-0.15, -0.1) is 0 Å². The highest BCUT2D eigenvalue weighted by Gasteiger charge is 2.20. The number of likely N-dealkylation sites (tertiary alicyclic amines) is 1. The Bertz CT molecular complexity index is 556. The Hall–Kier alpha value is -1.80. The van der Waals surface area contributed by atoms with Crippen molar-refractivity contribution in [1.82, 2.24) is 4.90 Å². The lowest BCUT2D eigenvalue weighted by molar-refractivity contribution is -0.127. The van der Waals surface area contributed by atoms with Gasteiger partial charge in [-0.3, -0.25) is 4.79 Å². The molecule has 0 unspecified atom stereocenters. The van der Waals surface area contributed by atoms with Gasteiger partial charge in [-0.25, -0.2) is 0 Å². The van der Waals surface area contributed by atoms with Crippen molar-refractivity contribution in [3.05, 3.63) is 40.5 Å². The number of nitrogens with zero attached hydrogens (tertiary/aromatic N) is 2. The third-order valence-electron chi connectivity index (χ3n) is 3.24. The van der Waals surface area contributed by atoms with Crippen LogP contribution in [0.25, 0.3) is 0 Å². The number of amides is 1. The topological polar surface area (TPSA) is 56.1 Å². The molecule has 1 aromatic carbocycles. The van der Waals surface area contributed by atoms with Crippen molar-refractivity contribution >= 4 is 27.5 Å². The van der Waals surface area contributed by atoms with E-state index in [1.807, 2.05) is 30.3 Å². The number of anilines is 1. The first kappa shape index (κ1) is 14.6. The van der Waals surface area contributed by atoms with Gasteiger partial charge in [0, 0.05) is 23.8 Å². The molecule has 104 valence electrons. The normalized spacial score (nSPS) is 15.6. The molecular weight excluding hydrogens is 318 g/mol. The molecule has 2 rings (SSSR count). The summed E-state index contributed by atoms with van der Waals surface area (Å²) in [5.41, 5.74) is 0.967. The fraction of sp³-hybridized carbons (Fsp3) is 0.333. The van der Waals surface area contributed by atoms with Gasteiger partial charge < -0.3 is 10.2 Å². The van der Waals surface area contributed by atoms with Gasteiger partial charge in [0.2, 0.25) is 0 Å². The summed E-state index contributed by atoms with van der Waals surface area (Å²) in [5, 5.41) is 12.2. The second-order valence-corrected chi connectivity index (χ2v) is 5.50. The fourth-order valence-electron chi connectivity index (χ4n) is 2.14. The van der Waals surface area contributed by atoms with E-state index in [-0.39, 0.29) is 11.5 Å². The van der Waals surface area contributed by atoms with Crippen LogP contribution in [0.4, 0.5) is 5.69 Å². The summed E-state index contributed by atoms with van der Waals surface area (Å²) in [6.07, 6.45) is 4.67. The fourth-order valence-corrected chi connectivity index (χ4v) is 2.54. The lowest BCUT2D eigenvalue weighted by Gasteiger charge is -2.26. The highest BCUT2D eigenvalue weighted by molar-refractivity contribution is 9.10. The summed E-state index contributed by atoms with van der Waals surface area (Å²) in [5.74, 6) is -0.188. The minimum absolute atomic E-state index is 0.141. The largest absolute Gasteiger partial charge is 0.359 e. The van der Waals surface area contributed by atoms with Crippen molar-refractivity contribution in [2.75, 3.05) is 18.4 Å². The van der Waals surface area contributed by atoms with Gasteiger partial charge in [-0.1, -0.05) is 12.1 Å². The quantitative estimate of drug-likeness (QED) is 0.682. The van der Waals surface area contributed by atoms with Crippen LogP contribution >= 0.6 is 15.9 Å². The van der Waals surface area contributed by atoms with Crippen molar-refractivity contribution < 1.29 is 4.79 Å². The molecule has 1 aliphatic heterocycles. The number of piperidine rings is 1. The molecule has 0 radical (unpaired) electrons. The van der Waals surface area contributed by atoms with Crippen molar-refractivity contribution in [3.8, 4) is 6.07 Å². The number of carbonyl (C=O) groups is 1. The standard InChI is InChI=1S/C15H16BrN3O/c16-13-6-2-3-7-14(13)18-11-12(10-17)15(20)19-8-4-1-5-9-19/h2-3,6-7,11,18H,1,4-5,8-9H2/b12-11-. The zero-order valence-corrected chi connectivity index (χ0v) is 12.7. The first-order valence-electron chi connectivity index (χ1n) is 6.63. The van der Waals surface area contributed by atoms with Gasteiger partial charge in [0.15, 0.2) is 0 Å². The summed E-state index contributed by atoms with van der Waals surface area (Å²) < 4.78 is 0.888. The van der Waals surface area contributed by atoms with Crippen LogP contribution in [-0.2, 0) is 4.79 Å². The van der Waals surface area contributed by atoms with Gasteiger partial charge in [-0.05, 0) is 47.3 Å². The van der Waals surface area contributed by atoms with Crippen LogP contribution in [0, 0.1) is 11.3 Å². The number of nitrogens with one attached hydrogen (secondary N) is 1. The third-order valence-corrected chi connectivity index (χ3v) is 3.93. The minimum Gasteiger partial charge on any atom is -0.359 e. The Morgan fingerprint density at radius 2 is 2.00 bits per heavy atom. The summed E-state index contributed by atoms with van der Waals surface area (Å²) in [7, 11) is 0. The number of para-hydroxylation sites is 1. The first-order chi connectivity index (χ1) is 9.72. The van der Waals surface area contributed by atoms with Crippen LogP contribution in [-0.4, -0.2) is 23.9 Å². The Morgan fingerprint density at radius 1 is 1.30 bits per heavy atom. The Labute approximate surface area is 127 Å². The highest BCUT2D eigenvalue weighted by Crippen LogP contribution is 2.21. The average Bonchev–Trinajstić information content (AvgIpc) is 2.50. The van der Waals surface area contributed by atoms with Crippen LogP contribution in [0.5, 0.6) is 0 Å². The lowest BCUT2D eigenvalue weighted by atomic mass is 10.1. The van der Waals surface area contributed by atoms with Crippen LogP contribution in [0.2, 0.25) is 0 Å². The number of halogens is 1. The number of hydrogen-bond acceptors (Lipinski definition) is 3. The van der Waals surface area contributed by atoms with Crippen molar-refractivity contribution in [3.63, 3.8) is 0 Å². The monoisotopic (exact) mass is 333 g/mol. The van der Waals surface area contributed by atoms with E-state index >= 15 is 0 Å². The number of carbonyl (C=O) groups excluding carboxylic acids is 1. The number of benzene rings is 1. The predicted molar refractivity (Wildman–Crippen MR) is 81.9 cm³/mol. The van der Waals surface area contributed by atoms with E-state index in [4.69, 9.17) is 5.26 Å². The van der Waals surface area contributed by atoms with Gasteiger partial charge in [-0.2, -0.15) is 5.26 Å². The van der Waals surface area contributed by atoms with Crippen LogP contribution < -0.4 is 5.32 Å². The molecule has 0 aliphatic carbocycles. The van der Waals surface area contributed by atoms with Gasteiger partial charge in [0.1, 0.15) is 11.6 Å². The zero-order valence-electron chi connectivity index (χ0n) is 11.1. The molecule has 0 saturated carbocycles. The molecule has 1 aliphatic rings. The molecular formula is C15H16BrN3O. The Balaban J connectivity index is 2.08. The van der Waals surface area contributed by atoms with Crippen LogP contribution in [0.3, 0.4) is 0 Å². The molecule has 0 spiro atoms. The van der Waals surface area contributed by atoms with Gasteiger partial charge >= 0.3 is 0 Å². The maximum atomic E-state index is 12.2. The van der Waals surface area contributed by atoms with Crippen molar-refractivity contribution in [1.29, 1.82) is 5.26 Å². The molecule has 1 fully saturated rings. The predicted octanol–water partition coefficient (Wildman–Crippen LogP) is 3.28. The van der Waals surface area contributed by atoms with Gasteiger partial charge in [0.05, 0.1) is 5.69 Å². The maximum absolute atomic E-state index is 12.2. The molecule has 0 bridgehead atoms. The molecule has 5 heteroatoms. The van der Waals surface area contributed by atoms with E-state index < -0.39 is 0 Å². The smallest absolute Gasteiger partial charge is 0.266 e. The summed E-state index contributed by atoms with van der Waals surface area (Å²) >= 11 is 3.41. The van der Waals surface area contributed by atoms with E-state index in [2.05, 4.69) is 21.2 Å². The average molecular weight is 334 g/mol. The van der Waals surface area contributed by atoms with Crippen molar-refractivity contribution in [2.24, 2.45) is 0 Å². The SMILES string of the molecule is N#C/C(=C/Nc1ccccc1Br)C(=O)N1CCCCC1. The molecule has 1 amide bonds. The Morgan fingerprint density at radius 3 is 2.65 bits per heavy atom. The molecule has 4 nitrogen and oxygen atoms in total. The maximum Gasteiger partial charge on any atom is 0.266 e. The van der Waals surface area contributed by atoms with Crippen LogP contribution in [0.1, 0.15) is 19.3 Å². The summed E-state index contributed by atoms with van der Waals surface area (Å²) in [4.78, 5) is 14.0. The van der Waals surface area contributed by atoms with E-state index in [1.54, 1.807) is 4.90 Å². The highest BCUT2D eigenvalue weighted by atomic mass is 79.9. The number of nitriles is 1. The zero-order chi connectivity index (χ0) is 14.4. The molecule has 1 saturated heterocycles. The lowest BCUT2D eigenvalue weighted by Crippen LogP contribution is -2.36.